The molecule has 0 aliphatic heterocycles. The normalized spacial score (nSPS) is 16.3. The van der Waals surface area contributed by atoms with Crippen molar-refractivity contribution in [1.82, 2.24) is 9.88 Å². The molecule has 1 aromatic rings. The van der Waals surface area contributed by atoms with Gasteiger partial charge in [-0.3, -0.25) is 4.90 Å². The van der Waals surface area contributed by atoms with Gasteiger partial charge in [-0.05, 0) is 26.7 Å². The van der Waals surface area contributed by atoms with Crippen molar-refractivity contribution >= 4 is 27.3 Å². The molecule has 0 radical (unpaired) electrons. The molecule has 0 saturated heterocycles. The second-order valence-electron chi connectivity index (χ2n) is 4.14. The SMILES string of the molecule is Cc1nc(CN(CCBr)C2CC2)sc1C. The third kappa shape index (κ3) is 3.02. The molecule has 84 valence electrons. The van der Waals surface area contributed by atoms with Gasteiger partial charge in [0.05, 0.1) is 12.2 Å². The zero-order chi connectivity index (χ0) is 10.8. The first-order valence-corrected chi connectivity index (χ1v) is 7.37. The van der Waals surface area contributed by atoms with Crippen molar-refractivity contribution in [2.45, 2.75) is 39.3 Å². The van der Waals surface area contributed by atoms with Crippen LogP contribution >= 0.6 is 27.3 Å². The predicted molar refractivity (Wildman–Crippen MR) is 68.8 cm³/mol. The monoisotopic (exact) mass is 288 g/mol. The Labute approximate surface area is 104 Å². The van der Waals surface area contributed by atoms with Crippen LogP contribution in [0.2, 0.25) is 0 Å². The van der Waals surface area contributed by atoms with Gasteiger partial charge >= 0.3 is 0 Å². The van der Waals surface area contributed by atoms with Crippen LogP contribution in [-0.2, 0) is 6.54 Å². The van der Waals surface area contributed by atoms with Crippen LogP contribution < -0.4 is 0 Å². The second-order valence-corrected chi connectivity index (χ2v) is 6.22. The minimum absolute atomic E-state index is 0.826. The molecule has 0 bridgehead atoms. The van der Waals surface area contributed by atoms with Crippen LogP contribution in [0.25, 0.3) is 0 Å². The maximum atomic E-state index is 4.60. The van der Waals surface area contributed by atoms with Gasteiger partial charge < -0.3 is 0 Å². The van der Waals surface area contributed by atoms with Crippen molar-refractivity contribution in [3.8, 4) is 0 Å². The number of thiazole rings is 1. The van der Waals surface area contributed by atoms with Gasteiger partial charge in [0.1, 0.15) is 5.01 Å². The summed E-state index contributed by atoms with van der Waals surface area (Å²) in [7, 11) is 0. The molecule has 0 spiro atoms. The van der Waals surface area contributed by atoms with E-state index in [4.69, 9.17) is 0 Å². The van der Waals surface area contributed by atoms with Gasteiger partial charge in [0.25, 0.3) is 0 Å². The topological polar surface area (TPSA) is 16.1 Å². The van der Waals surface area contributed by atoms with Gasteiger partial charge in [0.2, 0.25) is 0 Å². The number of halogens is 1. The van der Waals surface area contributed by atoms with E-state index in [0.29, 0.717) is 0 Å². The molecule has 0 N–H and O–H groups in total. The highest BCUT2D eigenvalue weighted by Crippen LogP contribution is 2.29. The number of hydrogen-bond acceptors (Lipinski definition) is 3. The number of nitrogens with zero attached hydrogens (tertiary/aromatic N) is 2. The zero-order valence-corrected chi connectivity index (χ0v) is 11.7. The summed E-state index contributed by atoms with van der Waals surface area (Å²) in [5, 5.41) is 2.34. The van der Waals surface area contributed by atoms with Crippen LogP contribution in [-0.4, -0.2) is 27.8 Å². The molecule has 2 nitrogen and oxygen atoms in total. The van der Waals surface area contributed by atoms with Crippen LogP contribution in [0.1, 0.15) is 28.4 Å². The van der Waals surface area contributed by atoms with Crippen LogP contribution in [0.3, 0.4) is 0 Å². The maximum Gasteiger partial charge on any atom is 0.107 e. The fraction of sp³-hybridized carbons (Fsp3) is 0.727. The molecular formula is C11H17BrN2S. The third-order valence-electron chi connectivity index (χ3n) is 2.85. The summed E-state index contributed by atoms with van der Waals surface area (Å²) in [6, 6.07) is 0.826. The molecule has 1 aliphatic rings. The summed E-state index contributed by atoms with van der Waals surface area (Å²) in [6.45, 7) is 6.43. The van der Waals surface area contributed by atoms with Crippen LogP contribution in [0.4, 0.5) is 0 Å². The molecule has 1 saturated carbocycles. The Balaban J connectivity index is 1.98. The number of aromatic nitrogens is 1. The van der Waals surface area contributed by atoms with E-state index in [1.54, 1.807) is 0 Å². The van der Waals surface area contributed by atoms with Crippen molar-refractivity contribution < 1.29 is 0 Å². The van der Waals surface area contributed by atoms with Crippen LogP contribution in [0, 0.1) is 13.8 Å². The molecule has 1 fully saturated rings. The Hall–Kier alpha value is 0.0700. The Bertz CT molecular complexity index is 314. The quantitative estimate of drug-likeness (QED) is 0.774. The predicted octanol–water partition coefficient (Wildman–Crippen LogP) is 3.12. The average Bonchev–Trinajstić information content (AvgIpc) is 2.95. The van der Waals surface area contributed by atoms with Gasteiger partial charge in [0.15, 0.2) is 0 Å². The first kappa shape index (κ1) is 11.6. The number of rotatable bonds is 5. The molecule has 0 aromatic carbocycles. The van der Waals surface area contributed by atoms with E-state index >= 15 is 0 Å². The number of hydrogen-bond donors (Lipinski definition) is 0. The fourth-order valence-corrected chi connectivity index (χ4v) is 3.13. The highest BCUT2D eigenvalue weighted by atomic mass is 79.9. The first-order valence-electron chi connectivity index (χ1n) is 5.43. The lowest BCUT2D eigenvalue weighted by Gasteiger charge is -2.18. The lowest BCUT2D eigenvalue weighted by atomic mass is 10.4. The molecule has 1 heterocycles. The average molecular weight is 289 g/mol. The standard InChI is InChI=1S/C11H17BrN2S/c1-8-9(2)15-11(13-8)7-14(6-5-12)10-3-4-10/h10H,3-7H2,1-2H3. The van der Waals surface area contributed by atoms with E-state index in [1.165, 1.54) is 28.4 Å². The summed E-state index contributed by atoms with van der Waals surface area (Å²) in [5.74, 6) is 0. The summed E-state index contributed by atoms with van der Waals surface area (Å²) in [5.41, 5.74) is 1.20. The van der Waals surface area contributed by atoms with E-state index < -0.39 is 0 Å². The summed E-state index contributed by atoms with van der Waals surface area (Å²) in [4.78, 5) is 8.51. The Morgan fingerprint density at radius 2 is 2.20 bits per heavy atom. The molecule has 2 rings (SSSR count). The van der Waals surface area contributed by atoms with Gasteiger partial charge in [0, 0.05) is 22.8 Å². The molecule has 4 heteroatoms. The van der Waals surface area contributed by atoms with Crippen LogP contribution in [0.5, 0.6) is 0 Å². The van der Waals surface area contributed by atoms with E-state index in [0.717, 1.165) is 24.5 Å². The second kappa shape index (κ2) is 4.93. The van der Waals surface area contributed by atoms with Crippen molar-refractivity contribution in [3.05, 3.63) is 15.6 Å². The van der Waals surface area contributed by atoms with Crippen molar-refractivity contribution in [2.75, 3.05) is 11.9 Å². The zero-order valence-electron chi connectivity index (χ0n) is 9.29. The summed E-state index contributed by atoms with van der Waals surface area (Å²) >= 11 is 5.37. The van der Waals surface area contributed by atoms with Crippen LogP contribution in [0.15, 0.2) is 0 Å². The number of alkyl halides is 1. The van der Waals surface area contributed by atoms with E-state index in [-0.39, 0.29) is 0 Å². The Morgan fingerprint density at radius 3 is 2.67 bits per heavy atom. The molecule has 1 aliphatic carbocycles. The van der Waals surface area contributed by atoms with Gasteiger partial charge in [-0.15, -0.1) is 11.3 Å². The van der Waals surface area contributed by atoms with Crippen molar-refractivity contribution in [1.29, 1.82) is 0 Å². The van der Waals surface area contributed by atoms with Crippen molar-refractivity contribution in [2.24, 2.45) is 0 Å². The minimum atomic E-state index is 0.826. The highest BCUT2D eigenvalue weighted by molar-refractivity contribution is 9.09. The summed E-state index contributed by atoms with van der Waals surface area (Å²) in [6.07, 6.45) is 2.74. The van der Waals surface area contributed by atoms with E-state index in [2.05, 4.69) is 39.7 Å². The lowest BCUT2D eigenvalue weighted by molar-refractivity contribution is 0.272. The largest absolute Gasteiger partial charge is 0.293 e. The Morgan fingerprint density at radius 1 is 1.47 bits per heavy atom. The lowest BCUT2D eigenvalue weighted by Crippen LogP contribution is -2.27. The maximum absolute atomic E-state index is 4.60. The highest BCUT2D eigenvalue weighted by Gasteiger charge is 2.28. The van der Waals surface area contributed by atoms with E-state index in [9.17, 15) is 0 Å². The summed E-state index contributed by atoms with van der Waals surface area (Å²) < 4.78 is 0. The van der Waals surface area contributed by atoms with E-state index in [1.807, 2.05) is 11.3 Å². The minimum Gasteiger partial charge on any atom is -0.293 e. The van der Waals surface area contributed by atoms with Gasteiger partial charge in [-0.1, -0.05) is 15.9 Å². The van der Waals surface area contributed by atoms with Gasteiger partial charge in [-0.25, -0.2) is 4.98 Å². The first-order chi connectivity index (χ1) is 7.20. The number of aryl methyl sites for hydroxylation is 2. The van der Waals surface area contributed by atoms with Crippen molar-refractivity contribution in [3.63, 3.8) is 0 Å². The molecule has 1 aromatic heterocycles. The Kier molecular flexibility index (Phi) is 3.80. The fourth-order valence-electron chi connectivity index (χ4n) is 1.72. The van der Waals surface area contributed by atoms with Gasteiger partial charge in [-0.2, -0.15) is 0 Å². The third-order valence-corrected chi connectivity index (χ3v) is 4.26. The smallest absolute Gasteiger partial charge is 0.107 e. The molecule has 0 amide bonds. The molecule has 0 atom stereocenters. The molecular weight excluding hydrogens is 272 g/mol. The molecule has 15 heavy (non-hydrogen) atoms. The molecule has 0 unspecified atom stereocenters.